The second-order valence-corrected chi connectivity index (χ2v) is 5.18. The lowest BCUT2D eigenvalue weighted by Gasteiger charge is -2.30. The zero-order chi connectivity index (χ0) is 11.3. The van der Waals surface area contributed by atoms with E-state index in [9.17, 15) is 5.11 Å². The van der Waals surface area contributed by atoms with Gasteiger partial charge in [-0.1, -0.05) is 18.9 Å². The van der Waals surface area contributed by atoms with Gasteiger partial charge < -0.3 is 9.84 Å². The van der Waals surface area contributed by atoms with Crippen molar-refractivity contribution in [3.8, 4) is 0 Å². The summed E-state index contributed by atoms with van der Waals surface area (Å²) in [6, 6.07) is 0. The molecule has 0 aromatic rings. The summed E-state index contributed by atoms with van der Waals surface area (Å²) in [5.41, 5.74) is 0.756. The maximum absolute atomic E-state index is 10.7. The standard InChI is InChI=1S/C14H24O2/c15-14(9-6-11-16-12-10-14)13-7-4-2-1-3-5-8-13/h7,15H,1-6,8-12H2. The first-order valence-corrected chi connectivity index (χ1v) is 6.81. The normalized spacial score (nSPS) is 33.4. The molecule has 2 aliphatic rings. The molecule has 0 amide bonds. The lowest BCUT2D eigenvalue weighted by molar-refractivity contribution is 0.0484. The summed E-state index contributed by atoms with van der Waals surface area (Å²) in [5.74, 6) is 0. The molecule has 0 bridgehead atoms. The van der Waals surface area contributed by atoms with Gasteiger partial charge in [-0.15, -0.1) is 0 Å². The third-order valence-corrected chi connectivity index (χ3v) is 3.93. The van der Waals surface area contributed by atoms with E-state index in [2.05, 4.69) is 6.08 Å². The van der Waals surface area contributed by atoms with Gasteiger partial charge in [0.1, 0.15) is 0 Å². The molecular weight excluding hydrogens is 200 g/mol. The van der Waals surface area contributed by atoms with E-state index >= 15 is 0 Å². The Hall–Kier alpha value is -0.340. The lowest BCUT2D eigenvalue weighted by Crippen LogP contribution is -2.31. The smallest absolute Gasteiger partial charge is 0.0879 e. The molecule has 1 atom stereocenters. The first-order valence-electron chi connectivity index (χ1n) is 6.81. The van der Waals surface area contributed by atoms with E-state index in [1.54, 1.807) is 0 Å². The molecule has 16 heavy (non-hydrogen) atoms. The Morgan fingerprint density at radius 1 is 1.00 bits per heavy atom. The van der Waals surface area contributed by atoms with Crippen molar-refractivity contribution in [2.24, 2.45) is 0 Å². The van der Waals surface area contributed by atoms with Crippen LogP contribution in [0.15, 0.2) is 11.6 Å². The van der Waals surface area contributed by atoms with E-state index in [0.717, 1.165) is 38.7 Å². The molecule has 1 heterocycles. The molecule has 1 aliphatic heterocycles. The third-order valence-electron chi connectivity index (χ3n) is 3.93. The van der Waals surface area contributed by atoms with Gasteiger partial charge in [0.2, 0.25) is 0 Å². The van der Waals surface area contributed by atoms with Gasteiger partial charge in [0.15, 0.2) is 0 Å². The van der Waals surface area contributed by atoms with Crippen LogP contribution in [0, 0.1) is 0 Å². The molecular formula is C14H24O2. The van der Waals surface area contributed by atoms with E-state index in [1.165, 1.54) is 31.3 Å². The minimum absolute atomic E-state index is 0.548. The summed E-state index contributed by atoms with van der Waals surface area (Å²) < 4.78 is 5.45. The minimum Gasteiger partial charge on any atom is -0.385 e. The Labute approximate surface area is 98.7 Å². The average molecular weight is 224 g/mol. The number of rotatable bonds is 1. The van der Waals surface area contributed by atoms with E-state index in [-0.39, 0.29) is 0 Å². The molecule has 2 nitrogen and oxygen atoms in total. The van der Waals surface area contributed by atoms with Crippen LogP contribution in [-0.4, -0.2) is 23.9 Å². The lowest BCUT2D eigenvalue weighted by atomic mass is 9.82. The molecule has 1 N–H and O–H groups in total. The van der Waals surface area contributed by atoms with Crippen molar-refractivity contribution < 1.29 is 9.84 Å². The number of allylic oxidation sites excluding steroid dienone is 1. The van der Waals surface area contributed by atoms with Gasteiger partial charge in [-0.05, 0) is 44.1 Å². The number of ether oxygens (including phenoxy) is 1. The molecule has 2 rings (SSSR count). The summed E-state index contributed by atoms with van der Waals surface area (Å²) in [5, 5.41) is 10.7. The van der Waals surface area contributed by atoms with Crippen LogP contribution >= 0.6 is 0 Å². The number of hydrogen-bond donors (Lipinski definition) is 1. The topological polar surface area (TPSA) is 29.5 Å². The second-order valence-electron chi connectivity index (χ2n) is 5.18. The zero-order valence-corrected chi connectivity index (χ0v) is 10.2. The number of hydrogen-bond acceptors (Lipinski definition) is 2. The summed E-state index contributed by atoms with van der Waals surface area (Å²) in [6.07, 6.45) is 12.4. The largest absolute Gasteiger partial charge is 0.385 e. The van der Waals surface area contributed by atoms with E-state index in [0.29, 0.717) is 6.61 Å². The molecule has 0 radical (unpaired) electrons. The summed E-state index contributed by atoms with van der Waals surface area (Å²) in [6.45, 7) is 1.53. The van der Waals surface area contributed by atoms with Gasteiger partial charge in [0.05, 0.1) is 5.60 Å². The molecule has 1 saturated heterocycles. The van der Waals surface area contributed by atoms with Crippen LogP contribution in [-0.2, 0) is 4.74 Å². The molecule has 92 valence electrons. The fourth-order valence-electron chi connectivity index (χ4n) is 2.87. The Bertz CT molecular complexity index is 237. The van der Waals surface area contributed by atoms with Crippen LogP contribution in [0.3, 0.4) is 0 Å². The maximum Gasteiger partial charge on any atom is 0.0879 e. The van der Waals surface area contributed by atoms with Gasteiger partial charge in [-0.2, -0.15) is 0 Å². The summed E-state index contributed by atoms with van der Waals surface area (Å²) in [7, 11) is 0. The first-order chi connectivity index (χ1) is 7.81. The minimum atomic E-state index is -0.548. The molecule has 1 unspecified atom stereocenters. The van der Waals surface area contributed by atoms with Crippen LogP contribution in [0.5, 0.6) is 0 Å². The Morgan fingerprint density at radius 2 is 1.88 bits per heavy atom. The van der Waals surface area contributed by atoms with E-state index in [1.807, 2.05) is 0 Å². The molecule has 1 fully saturated rings. The van der Waals surface area contributed by atoms with Crippen molar-refractivity contribution in [3.05, 3.63) is 11.6 Å². The van der Waals surface area contributed by atoms with Crippen LogP contribution in [0.2, 0.25) is 0 Å². The highest BCUT2D eigenvalue weighted by Crippen LogP contribution is 2.33. The van der Waals surface area contributed by atoms with Gasteiger partial charge in [0, 0.05) is 19.6 Å². The predicted molar refractivity (Wildman–Crippen MR) is 65.4 cm³/mol. The fourth-order valence-corrected chi connectivity index (χ4v) is 2.87. The van der Waals surface area contributed by atoms with Crippen molar-refractivity contribution in [3.63, 3.8) is 0 Å². The molecule has 0 aromatic carbocycles. The highest BCUT2D eigenvalue weighted by atomic mass is 16.5. The Morgan fingerprint density at radius 3 is 2.81 bits per heavy atom. The van der Waals surface area contributed by atoms with Crippen molar-refractivity contribution >= 4 is 0 Å². The maximum atomic E-state index is 10.7. The van der Waals surface area contributed by atoms with Crippen LogP contribution in [0.25, 0.3) is 0 Å². The second kappa shape index (κ2) is 5.83. The monoisotopic (exact) mass is 224 g/mol. The third kappa shape index (κ3) is 3.08. The van der Waals surface area contributed by atoms with E-state index < -0.39 is 5.60 Å². The molecule has 0 aromatic heterocycles. The average Bonchev–Trinajstić information content (AvgIpc) is 2.43. The van der Waals surface area contributed by atoms with Crippen LogP contribution in [0.1, 0.15) is 57.8 Å². The van der Waals surface area contributed by atoms with Gasteiger partial charge in [-0.3, -0.25) is 0 Å². The first kappa shape index (κ1) is 12.1. The summed E-state index contributed by atoms with van der Waals surface area (Å²) in [4.78, 5) is 0. The fraction of sp³-hybridized carbons (Fsp3) is 0.857. The Balaban J connectivity index is 2.06. The quantitative estimate of drug-likeness (QED) is 0.693. The molecule has 2 heteroatoms. The molecule has 0 spiro atoms. The van der Waals surface area contributed by atoms with Gasteiger partial charge >= 0.3 is 0 Å². The van der Waals surface area contributed by atoms with E-state index in [4.69, 9.17) is 4.74 Å². The zero-order valence-electron chi connectivity index (χ0n) is 10.2. The molecule has 1 aliphatic carbocycles. The van der Waals surface area contributed by atoms with Crippen molar-refractivity contribution in [2.75, 3.05) is 13.2 Å². The number of aliphatic hydroxyl groups is 1. The highest BCUT2D eigenvalue weighted by Gasteiger charge is 2.32. The van der Waals surface area contributed by atoms with Gasteiger partial charge in [-0.25, -0.2) is 0 Å². The van der Waals surface area contributed by atoms with Crippen LogP contribution in [0.4, 0.5) is 0 Å². The van der Waals surface area contributed by atoms with Crippen molar-refractivity contribution in [1.29, 1.82) is 0 Å². The summed E-state index contributed by atoms with van der Waals surface area (Å²) >= 11 is 0. The molecule has 0 saturated carbocycles. The Kier molecular flexibility index (Phi) is 4.42. The van der Waals surface area contributed by atoms with Gasteiger partial charge in [0.25, 0.3) is 0 Å². The SMILES string of the molecule is OC1(C2=CCCCCCC2)CCCOCC1. The van der Waals surface area contributed by atoms with Crippen molar-refractivity contribution in [1.82, 2.24) is 0 Å². The van der Waals surface area contributed by atoms with Crippen molar-refractivity contribution in [2.45, 2.75) is 63.4 Å². The highest BCUT2D eigenvalue weighted by molar-refractivity contribution is 5.17. The predicted octanol–water partition coefficient (Wildman–Crippen LogP) is 3.20. The van der Waals surface area contributed by atoms with Crippen LogP contribution < -0.4 is 0 Å².